The van der Waals surface area contributed by atoms with Crippen molar-refractivity contribution in [2.45, 2.75) is 0 Å². The molecule has 0 aromatic heterocycles. The molecule has 2 aromatic carbocycles. The van der Waals surface area contributed by atoms with E-state index in [2.05, 4.69) is 15.9 Å². The van der Waals surface area contributed by atoms with E-state index in [-0.39, 0.29) is 12.5 Å². The van der Waals surface area contributed by atoms with E-state index in [1.807, 2.05) is 18.2 Å². The molecule has 90 valence electrons. The maximum atomic E-state index is 12.2. The fraction of sp³-hybridized carbons (Fsp3) is 0.0769. The number of carbonyl (C=O) groups is 2. The Balaban J connectivity index is 2.30. The minimum absolute atomic E-state index is 0.254. The topological polar surface area (TPSA) is 57.6 Å². The second kappa shape index (κ2) is 3.81. The molecule has 2 aromatic rings. The highest BCUT2D eigenvalue weighted by Crippen LogP contribution is 2.39. The van der Waals surface area contributed by atoms with Crippen molar-refractivity contribution < 1.29 is 14.7 Å². The number of hydrogen-bond acceptors (Lipinski definition) is 2. The lowest BCUT2D eigenvalue weighted by Crippen LogP contribution is -2.32. The van der Waals surface area contributed by atoms with Gasteiger partial charge in [-0.15, -0.1) is 0 Å². The lowest BCUT2D eigenvalue weighted by atomic mass is 10.1. The molecule has 1 aliphatic heterocycles. The number of carboxylic acids is 1. The van der Waals surface area contributed by atoms with Gasteiger partial charge in [0.25, 0.3) is 5.91 Å². The van der Waals surface area contributed by atoms with Gasteiger partial charge in [0.1, 0.15) is 6.54 Å². The molecule has 0 atom stereocenters. The lowest BCUT2D eigenvalue weighted by Gasteiger charge is -2.14. The molecule has 0 unspecified atom stereocenters. The van der Waals surface area contributed by atoms with Crippen LogP contribution < -0.4 is 4.90 Å². The van der Waals surface area contributed by atoms with E-state index < -0.39 is 5.97 Å². The summed E-state index contributed by atoms with van der Waals surface area (Å²) in [6, 6.07) is 9.03. The number of carbonyl (C=O) groups excluding carboxylic acids is 1. The highest BCUT2D eigenvalue weighted by Gasteiger charge is 2.31. The molecule has 0 saturated carbocycles. The average Bonchev–Trinajstić information content (AvgIpc) is 2.60. The van der Waals surface area contributed by atoms with Crippen LogP contribution in [0, 0.1) is 0 Å². The van der Waals surface area contributed by atoms with Crippen LogP contribution in [0.25, 0.3) is 10.8 Å². The van der Waals surface area contributed by atoms with E-state index in [1.54, 1.807) is 12.1 Å². The number of nitrogens with zero attached hydrogens (tertiary/aromatic N) is 1. The first-order valence-corrected chi connectivity index (χ1v) is 6.14. The fourth-order valence-electron chi connectivity index (χ4n) is 2.30. The summed E-state index contributed by atoms with van der Waals surface area (Å²) in [5, 5.41) is 10.6. The predicted molar refractivity (Wildman–Crippen MR) is 71.0 cm³/mol. The van der Waals surface area contributed by atoms with Crippen molar-refractivity contribution in [2.75, 3.05) is 11.4 Å². The van der Waals surface area contributed by atoms with Crippen molar-refractivity contribution in [2.24, 2.45) is 0 Å². The van der Waals surface area contributed by atoms with E-state index in [0.717, 1.165) is 15.2 Å². The highest BCUT2D eigenvalue weighted by atomic mass is 79.9. The summed E-state index contributed by atoms with van der Waals surface area (Å²) in [5.74, 6) is -1.27. The maximum absolute atomic E-state index is 12.2. The number of rotatable bonds is 2. The number of hydrogen-bond donors (Lipinski definition) is 1. The van der Waals surface area contributed by atoms with Crippen LogP contribution in [0.15, 0.2) is 34.8 Å². The first-order valence-electron chi connectivity index (χ1n) is 5.34. The first kappa shape index (κ1) is 11.2. The van der Waals surface area contributed by atoms with Crippen molar-refractivity contribution in [3.05, 3.63) is 40.4 Å². The smallest absolute Gasteiger partial charge is 0.323 e. The van der Waals surface area contributed by atoms with Crippen LogP contribution in [0.1, 0.15) is 10.4 Å². The second-order valence-electron chi connectivity index (χ2n) is 4.08. The Hall–Kier alpha value is -1.88. The summed E-state index contributed by atoms with van der Waals surface area (Å²) in [6.07, 6.45) is 0. The van der Waals surface area contributed by atoms with Crippen LogP contribution >= 0.6 is 15.9 Å². The van der Waals surface area contributed by atoms with Gasteiger partial charge in [-0.05, 0) is 23.6 Å². The molecule has 1 aliphatic rings. The summed E-state index contributed by atoms with van der Waals surface area (Å²) in [5.41, 5.74) is 1.22. The number of carboxylic acid groups (broad SMARTS) is 1. The summed E-state index contributed by atoms with van der Waals surface area (Å²) in [6.45, 7) is -0.315. The van der Waals surface area contributed by atoms with E-state index in [0.29, 0.717) is 11.3 Å². The second-order valence-corrected chi connectivity index (χ2v) is 4.93. The zero-order valence-electron chi connectivity index (χ0n) is 9.18. The van der Waals surface area contributed by atoms with Gasteiger partial charge in [0.05, 0.1) is 5.69 Å². The molecule has 1 N–H and O–H groups in total. The first-order chi connectivity index (χ1) is 8.59. The predicted octanol–water partition coefficient (Wildman–Crippen LogP) is 2.65. The Morgan fingerprint density at radius 3 is 2.78 bits per heavy atom. The van der Waals surface area contributed by atoms with Gasteiger partial charge in [0.15, 0.2) is 0 Å². The molecule has 0 radical (unpaired) electrons. The summed E-state index contributed by atoms with van der Waals surface area (Å²) >= 11 is 3.44. The maximum Gasteiger partial charge on any atom is 0.323 e. The van der Waals surface area contributed by atoms with Gasteiger partial charge in [-0.25, -0.2) is 0 Å². The minimum Gasteiger partial charge on any atom is -0.480 e. The monoisotopic (exact) mass is 305 g/mol. The van der Waals surface area contributed by atoms with E-state index >= 15 is 0 Å². The minimum atomic E-state index is -1.02. The number of amides is 1. The van der Waals surface area contributed by atoms with Crippen LogP contribution in [-0.4, -0.2) is 23.5 Å². The molecule has 1 heterocycles. The molecule has 0 spiro atoms. The quantitative estimate of drug-likeness (QED) is 0.928. The fourth-order valence-corrected chi connectivity index (χ4v) is 2.76. The molecule has 1 amide bonds. The van der Waals surface area contributed by atoms with Gasteiger partial charge in [-0.2, -0.15) is 0 Å². The van der Waals surface area contributed by atoms with Crippen molar-refractivity contribution >= 4 is 44.3 Å². The van der Waals surface area contributed by atoms with Gasteiger partial charge >= 0.3 is 5.97 Å². The molecule has 18 heavy (non-hydrogen) atoms. The lowest BCUT2D eigenvalue weighted by molar-refractivity contribution is -0.135. The number of benzene rings is 2. The third kappa shape index (κ3) is 1.44. The standard InChI is InChI=1S/C13H8BrNO3/c14-9-5-4-8-12-7(9)2-1-3-10(12)15(13(8)18)6-11(16)17/h1-5H,6H2,(H,16,17). The van der Waals surface area contributed by atoms with Crippen LogP contribution in [0.3, 0.4) is 0 Å². The SMILES string of the molecule is O=C(O)CN1C(=O)c2ccc(Br)c3cccc1c23. The molecule has 0 fully saturated rings. The zero-order valence-corrected chi connectivity index (χ0v) is 10.8. The third-order valence-electron chi connectivity index (χ3n) is 3.03. The summed E-state index contributed by atoms with van der Waals surface area (Å²) in [7, 11) is 0. The van der Waals surface area contributed by atoms with E-state index in [1.165, 1.54) is 4.90 Å². The highest BCUT2D eigenvalue weighted by molar-refractivity contribution is 9.10. The van der Waals surface area contributed by atoms with Gasteiger partial charge in [0.2, 0.25) is 0 Å². The third-order valence-corrected chi connectivity index (χ3v) is 3.72. The summed E-state index contributed by atoms with van der Waals surface area (Å²) in [4.78, 5) is 24.3. The molecular formula is C13H8BrNO3. The van der Waals surface area contributed by atoms with Crippen LogP contribution in [0.2, 0.25) is 0 Å². The molecular weight excluding hydrogens is 298 g/mol. The average molecular weight is 306 g/mol. The molecule has 0 aliphatic carbocycles. The van der Waals surface area contributed by atoms with E-state index in [9.17, 15) is 9.59 Å². The number of halogens is 1. The van der Waals surface area contributed by atoms with Gasteiger partial charge < -0.3 is 5.11 Å². The van der Waals surface area contributed by atoms with Crippen molar-refractivity contribution in [1.29, 1.82) is 0 Å². The van der Waals surface area contributed by atoms with E-state index in [4.69, 9.17) is 5.11 Å². The number of anilines is 1. The number of aliphatic carboxylic acids is 1. The molecule has 0 bridgehead atoms. The van der Waals surface area contributed by atoms with Gasteiger partial charge in [-0.3, -0.25) is 14.5 Å². The molecule has 0 saturated heterocycles. The Morgan fingerprint density at radius 1 is 1.28 bits per heavy atom. The Kier molecular flexibility index (Phi) is 2.38. The normalized spacial score (nSPS) is 13.4. The van der Waals surface area contributed by atoms with Crippen LogP contribution in [0.5, 0.6) is 0 Å². The molecule has 3 rings (SSSR count). The van der Waals surface area contributed by atoms with Crippen molar-refractivity contribution in [3.63, 3.8) is 0 Å². The van der Waals surface area contributed by atoms with Gasteiger partial charge in [0, 0.05) is 15.4 Å². The largest absolute Gasteiger partial charge is 0.480 e. The van der Waals surface area contributed by atoms with Crippen molar-refractivity contribution in [1.82, 2.24) is 0 Å². The Morgan fingerprint density at radius 2 is 2.06 bits per heavy atom. The Bertz CT molecular complexity index is 696. The van der Waals surface area contributed by atoms with Crippen LogP contribution in [0.4, 0.5) is 5.69 Å². The summed E-state index contributed by atoms with van der Waals surface area (Å²) < 4.78 is 0.896. The molecule has 5 heteroatoms. The Labute approximate surface area is 111 Å². The zero-order chi connectivity index (χ0) is 12.9. The van der Waals surface area contributed by atoms with Crippen molar-refractivity contribution in [3.8, 4) is 0 Å². The van der Waals surface area contributed by atoms with Gasteiger partial charge in [-0.1, -0.05) is 28.1 Å². The van der Waals surface area contributed by atoms with Crippen LogP contribution in [-0.2, 0) is 4.79 Å². The molecule has 4 nitrogen and oxygen atoms in total.